The van der Waals surface area contributed by atoms with Gasteiger partial charge in [-0.2, -0.15) is 0 Å². The number of furan rings is 1. The lowest BCUT2D eigenvalue weighted by Gasteiger charge is -2.27. The number of para-hydroxylation sites is 1. The molecule has 0 radical (unpaired) electrons. The van der Waals surface area contributed by atoms with Gasteiger partial charge in [0.1, 0.15) is 11.2 Å². The fourth-order valence-electron chi connectivity index (χ4n) is 10.7. The van der Waals surface area contributed by atoms with Crippen LogP contribution in [-0.4, -0.2) is 0 Å². The summed E-state index contributed by atoms with van der Waals surface area (Å²) in [5.41, 5.74) is 23.0. The third-order valence-corrected chi connectivity index (χ3v) is 13.9. The first-order chi connectivity index (χ1) is 30.2. The van der Waals surface area contributed by atoms with Crippen LogP contribution in [0, 0.1) is 0 Å². The van der Waals surface area contributed by atoms with Crippen molar-refractivity contribution >= 4 is 39.0 Å². The lowest BCUT2D eigenvalue weighted by Crippen LogP contribution is -2.14. The summed E-state index contributed by atoms with van der Waals surface area (Å²) < 4.78 is 6.28. The molecule has 0 spiro atoms. The maximum atomic E-state index is 6.28. The van der Waals surface area contributed by atoms with Crippen molar-refractivity contribution in [2.24, 2.45) is 0 Å². The van der Waals surface area contributed by atoms with Crippen molar-refractivity contribution in [2.75, 3.05) is 4.90 Å². The molecule has 62 heavy (non-hydrogen) atoms. The van der Waals surface area contributed by atoms with Crippen molar-refractivity contribution in [2.45, 2.75) is 38.5 Å². The minimum atomic E-state index is -0.0328. The molecule has 2 nitrogen and oxygen atoms in total. The fraction of sp³-hybridized carbons (Fsp3) is 0.100. The van der Waals surface area contributed by atoms with Crippen LogP contribution in [0.2, 0.25) is 0 Å². The van der Waals surface area contributed by atoms with Crippen molar-refractivity contribution < 1.29 is 4.42 Å². The Morgan fingerprint density at radius 1 is 0.323 bits per heavy atom. The second kappa shape index (κ2) is 13.5. The van der Waals surface area contributed by atoms with Gasteiger partial charge in [-0.15, -0.1) is 0 Å². The first kappa shape index (κ1) is 36.4. The molecule has 2 aliphatic rings. The van der Waals surface area contributed by atoms with Gasteiger partial charge in [0.2, 0.25) is 0 Å². The first-order valence-electron chi connectivity index (χ1n) is 21.7. The highest BCUT2D eigenvalue weighted by molar-refractivity contribution is 6.12. The van der Waals surface area contributed by atoms with Crippen molar-refractivity contribution in [3.63, 3.8) is 0 Å². The molecule has 1 heterocycles. The lowest BCUT2D eigenvalue weighted by atomic mass is 9.82. The lowest BCUT2D eigenvalue weighted by molar-refractivity contribution is 0.660. The van der Waals surface area contributed by atoms with Crippen LogP contribution in [-0.2, 0) is 10.8 Å². The molecular weight excluding hydrogens is 751 g/mol. The molecule has 0 unspecified atom stereocenters. The Labute approximate surface area is 363 Å². The second-order valence-electron chi connectivity index (χ2n) is 18.1. The SMILES string of the molecule is CC1(C)c2ccccc2-c2cc(-c3cccc(N(c4ccc(-c5cccc6oc7ccccc7c56)cc4)c4cccc(-c5ccc6c(c5)-c5ccccc5C6(C)C)c4)c3)ccc21. The van der Waals surface area contributed by atoms with Gasteiger partial charge in [0.05, 0.1) is 0 Å². The molecule has 0 fully saturated rings. The Morgan fingerprint density at radius 2 is 0.774 bits per heavy atom. The number of hydrogen-bond donors (Lipinski definition) is 0. The van der Waals surface area contributed by atoms with Crippen LogP contribution >= 0.6 is 0 Å². The minimum absolute atomic E-state index is 0.0328. The molecule has 0 bridgehead atoms. The van der Waals surface area contributed by atoms with E-state index in [2.05, 4.69) is 221 Å². The van der Waals surface area contributed by atoms with E-state index in [1.54, 1.807) is 0 Å². The van der Waals surface area contributed by atoms with E-state index >= 15 is 0 Å². The summed E-state index contributed by atoms with van der Waals surface area (Å²) >= 11 is 0. The van der Waals surface area contributed by atoms with Gasteiger partial charge in [-0.25, -0.2) is 0 Å². The Morgan fingerprint density at radius 3 is 1.37 bits per heavy atom. The molecule has 2 heteroatoms. The summed E-state index contributed by atoms with van der Waals surface area (Å²) in [6.07, 6.45) is 0. The molecule has 0 N–H and O–H groups in total. The molecule has 0 saturated heterocycles. The van der Waals surface area contributed by atoms with Crippen molar-refractivity contribution in [3.8, 4) is 55.6 Å². The summed E-state index contributed by atoms with van der Waals surface area (Å²) in [7, 11) is 0. The predicted octanol–water partition coefficient (Wildman–Crippen LogP) is 16.7. The van der Waals surface area contributed by atoms with Crippen molar-refractivity contribution in [3.05, 3.63) is 222 Å². The standard InChI is InChI=1S/C60H45NO/c1-59(2)52-22-8-5-18-47(52)50-36-41(28-32-54(50)59)39-14-11-16-44(34-39)61(43-30-26-38(27-31-43)46-21-13-25-57-58(46)49-20-7-10-24-56(49)62-57)45-17-12-15-40(35-45)42-29-33-55-51(37-42)48-19-6-9-23-53(48)60(55,3)4/h5-37H,1-4H3. The highest BCUT2D eigenvalue weighted by Gasteiger charge is 2.36. The van der Waals surface area contributed by atoms with E-state index < -0.39 is 0 Å². The molecular formula is C60H45NO. The first-order valence-corrected chi connectivity index (χ1v) is 21.7. The predicted molar refractivity (Wildman–Crippen MR) is 260 cm³/mol. The van der Waals surface area contributed by atoms with Gasteiger partial charge in [-0.05, 0) is 139 Å². The van der Waals surface area contributed by atoms with E-state index in [9.17, 15) is 0 Å². The molecule has 9 aromatic carbocycles. The smallest absolute Gasteiger partial charge is 0.136 e. The molecule has 0 amide bonds. The van der Waals surface area contributed by atoms with Gasteiger partial charge in [-0.3, -0.25) is 0 Å². The maximum absolute atomic E-state index is 6.28. The summed E-state index contributed by atoms with van der Waals surface area (Å²) in [5, 5.41) is 2.28. The van der Waals surface area contributed by atoms with Crippen LogP contribution in [0.4, 0.5) is 17.1 Å². The van der Waals surface area contributed by atoms with Gasteiger partial charge in [-0.1, -0.05) is 167 Å². The van der Waals surface area contributed by atoms with E-state index in [-0.39, 0.29) is 10.8 Å². The quantitative estimate of drug-likeness (QED) is 0.167. The highest BCUT2D eigenvalue weighted by Crippen LogP contribution is 2.51. The van der Waals surface area contributed by atoms with Gasteiger partial charge >= 0.3 is 0 Å². The average molecular weight is 796 g/mol. The summed E-state index contributed by atoms with van der Waals surface area (Å²) in [6.45, 7) is 9.37. The number of anilines is 3. The van der Waals surface area contributed by atoms with E-state index in [4.69, 9.17) is 4.42 Å². The van der Waals surface area contributed by atoms with Crippen molar-refractivity contribution in [1.29, 1.82) is 0 Å². The van der Waals surface area contributed by atoms with Crippen LogP contribution < -0.4 is 4.90 Å². The molecule has 296 valence electrons. The van der Waals surface area contributed by atoms with E-state index in [0.29, 0.717) is 0 Å². The minimum Gasteiger partial charge on any atom is -0.456 e. The zero-order valence-electron chi connectivity index (χ0n) is 35.4. The van der Waals surface area contributed by atoms with Crippen LogP contribution in [0.15, 0.2) is 205 Å². The van der Waals surface area contributed by atoms with Crippen LogP contribution in [0.5, 0.6) is 0 Å². The Bertz CT molecular complexity index is 3270. The molecule has 0 atom stereocenters. The summed E-state index contributed by atoms with van der Waals surface area (Å²) in [5.74, 6) is 0. The monoisotopic (exact) mass is 795 g/mol. The normalized spacial score (nSPS) is 14.1. The Balaban J connectivity index is 0.985. The molecule has 2 aliphatic carbocycles. The number of fused-ring (bicyclic) bond motifs is 9. The molecule has 0 saturated carbocycles. The van der Waals surface area contributed by atoms with Crippen molar-refractivity contribution in [1.82, 2.24) is 0 Å². The maximum Gasteiger partial charge on any atom is 0.136 e. The molecule has 0 aliphatic heterocycles. The molecule has 1 aromatic heterocycles. The average Bonchev–Trinajstić information content (AvgIpc) is 3.89. The number of benzene rings is 9. The van der Waals surface area contributed by atoms with Crippen LogP contribution in [0.3, 0.4) is 0 Å². The third-order valence-electron chi connectivity index (χ3n) is 13.9. The number of hydrogen-bond acceptors (Lipinski definition) is 2. The Hall–Kier alpha value is -7.42. The second-order valence-corrected chi connectivity index (χ2v) is 18.1. The van der Waals surface area contributed by atoms with Gasteiger partial charge in [0.15, 0.2) is 0 Å². The van der Waals surface area contributed by atoms with Crippen LogP contribution in [0.1, 0.15) is 49.9 Å². The Kier molecular flexibility index (Phi) is 7.96. The van der Waals surface area contributed by atoms with Gasteiger partial charge in [0, 0.05) is 38.7 Å². The highest BCUT2D eigenvalue weighted by atomic mass is 16.3. The van der Waals surface area contributed by atoms with Gasteiger partial charge in [0.25, 0.3) is 0 Å². The molecule has 10 aromatic rings. The van der Waals surface area contributed by atoms with E-state index in [0.717, 1.165) is 50.1 Å². The third kappa shape index (κ3) is 5.49. The molecule has 12 rings (SSSR count). The number of nitrogens with zero attached hydrogens (tertiary/aromatic N) is 1. The van der Waals surface area contributed by atoms with Crippen LogP contribution in [0.25, 0.3) is 77.6 Å². The van der Waals surface area contributed by atoms with E-state index in [1.165, 1.54) is 66.8 Å². The van der Waals surface area contributed by atoms with Gasteiger partial charge < -0.3 is 9.32 Å². The zero-order chi connectivity index (χ0) is 41.7. The fourth-order valence-corrected chi connectivity index (χ4v) is 10.7. The zero-order valence-corrected chi connectivity index (χ0v) is 35.4. The topological polar surface area (TPSA) is 16.4 Å². The summed E-state index contributed by atoms with van der Waals surface area (Å²) in [6, 6.07) is 73.6. The number of rotatable bonds is 6. The largest absolute Gasteiger partial charge is 0.456 e. The van der Waals surface area contributed by atoms with E-state index in [1.807, 2.05) is 12.1 Å². The summed E-state index contributed by atoms with van der Waals surface area (Å²) in [4.78, 5) is 2.40.